The molecular weight excluding hydrogens is 436 g/mol. The largest absolute Gasteiger partial charge is 0.327 e. The number of anilines is 1. The SMILES string of the molecule is Cc1ccc(-n2cc(-c3ccccc3)nc2NC(=O)CN(C(=O)c2ccccc2C)C(C)C)cc1. The van der Waals surface area contributed by atoms with Crippen molar-refractivity contribution < 1.29 is 9.59 Å². The van der Waals surface area contributed by atoms with Gasteiger partial charge in [-0.1, -0.05) is 66.2 Å². The molecule has 2 amide bonds. The predicted molar refractivity (Wildman–Crippen MR) is 140 cm³/mol. The van der Waals surface area contributed by atoms with Crippen LogP contribution in [-0.4, -0.2) is 38.9 Å². The smallest absolute Gasteiger partial charge is 0.254 e. The first-order chi connectivity index (χ1) is 16.8. The summed E-state index contributed by atoms with van der Waals surface area (Å²) in [5.41, 5.74) is 5.21. The van der Waals surface area contributed by atoms with E-state index in [1.165, 1.54) is 0 Å². The Kier molecular flexibility index (Phi) is 7.11. The monoisotopic (exact) mass is 466 g/mol. The van der Waals surface area contributed by atoms with Crippen molar-refractivity contribution in [2.24, 2.45) is 0 Å². The third-order valence-electron chi connectivity index (χ3n) is 5.91. The first kappa shape index (κ1) is 24.0. The van der Waals surface area contributed by atoms with Crippen LogP contribution in [0.25, 0.3) is 16.9 Å². The average Bonchev–Trinajstić information content (AvgIpc) is 3.27. The molecule has 0 spiro atoms. The average molecular weight is 467 g/mol. The van der Waals surface area contributed by atoms with Gasteiger partial charge >= 0.3 is 0 Å². The van der Waals surface area contributed by atoms with Crippen LogP contribution in [-0.2, 0) is 4.79 Å². The third kappa shape index (κ3) is 5.49. The molecule has 0 unspecified atom stereocenters. The number of nitrogens with zero attached hydrogens (tertiary/aromatic N) is 3. The highest BCUT2D eigenvalue weighted by Crippen LogP contribution is 2.24. The summed E-state index contributed by atoms with van der Waals surface area (Å²) in [6, 6.07) is 25.1. The molecular formula is C29H30N4O2. The van der Waals surface area contributed by atoms with Crippen molar-refractivity contribution in [2.45, 2.75) is 33.7 Å². The Morgan fingerprint density at radius 1 is 0.914 bits per heavy atom. The van der Waals surface area contributed by atoms with Gasteiger partial charge < -0.3 is 4.90 Å². The van der Waals surface area contributed by atoms with Crippen molar-refractivity contribution in [3.8, 4) is 16.9 Å². The topological polar surface area (TPSA) is 67.2 Å². The van der Waals surface area contributed by atoms with E-state index in [-0.39, 0.29) is 24.4 Å². The van der Waals surface area contributed by atoms with Gasteiger partial charge in [0.2, 0.25) is 11.9 Å². The molecule has 1 aromatic heterocycles. The lowest BCUT2D eigenvalue weighted by Crippen LogP contribution is -2.42. The first-order valence-corrected chi connectivity index (χ1v) is 11.7. The van der Waals surface area contributed by atoms with Gasteiger partial charge in [0.25, 0.3) is 5.91 Å². The third-order valence-corrected chi connectivity index (χ3v) is 5.91. The molecule has 0 saturated heterocycles. The fourth-order valence-corrected chi connectivity index (χ4v) is 3.89. The molecule has 0 aliphatic rings. The lowest BCUT2D eigenvalue weighted by atomic mass is 10.1. The molecule has 3 aromatic carbocycles. The number of carbonyl (C=O) groups is 2. The molecule has 4 rings (SSSR count). The van der Waals surface area contributed by atoms with E-state index < -0.39 is 0 Å². The van der Waals surface area contributed by atoms with Crippen molar-refractivity contribution in [3.05, 3.63) is 102 Å². The molecule has 0 radical (unpaired) electrons. The second-order valence-electron chi connectivity index (χ2n) is 8.91. The van der Waals surface area contributed by atoms with Crippen LogP contribution in [0.3, 0.4) is 0 Å². The summed E-state index contributed by atoms with van der Waals surface area (Å²) >= 11 is 0. The van der Waals surface area contributed by atoms with E-state index in [2.05, 4.69) is 5.32 Å². The summed E-state index contributed by atoms with van der Waals surface area (Å²) in [4.78, 5) is 32.7. The molecule has 0 atom stereocenters. The van der Waals surface area contributed by atoms with Gasteiger partial charge in [0.05, 0.1) is 5.69 Å². The maximum Gasteiger partial charge on any atom is 0.254 e. The lowest BCUT2D eigenvalue weighted by molar-refractivity contribution is -0.117. The fourth-order valence-electron chi connectivity index (χ4n) is 3.89. The van der Waals surface area contributed by atoms with Crippen LogP contribution in [0.15, 0.2) is 85.1 Å². The zero-order valence-corrected chi connectivity index (χ0v) is 20.5. The quantitative estimate of drug-likeness (QED) is 0.383. The van der Waals surface area contributed by atoms with E-state index >= 15 is 0 Å². The zero-order valence-electron chi connectivity index (χ0n) is 20.5. The first-order valence-electron chi connectivity index (χ1n) is 11.7. The standard InChI is InChI=1S/C29H30N4O2/c1-20(2)32(28(35)25-13-9-8-10-22(25)4)19-27(34)31-29-30-26(23-11-6-5-7-12-23)18-33(29)24-16-14-21(3)15-17-24/h5-18,20H,19H2,1-4H3,(H,30,31,34). The molecule has 178 valence electrons. The molecule has 1 N–H and O–H groups in total. The highest BCUT2D eigenvalue weighted by Gasteiger charge is 2.24. The number of aromatic nitrogens is 2. The van der Waals surface area contributed by atoms with Crippen molar-refractivity contribution in [2.75, 3.05) is 11.9 Å². The number of rotatable bonds is 7. The molecule has 0 fully saturated rings. The van der Waals surface area contributed by atoms with Gasteiger partial charge in [-0.2, -0.15) is 0 Å². The van der Waals surface area contributed by atoms with Crippen molar-refractivity contribution in [3.63, 3.8) is 0 Å². The Balaban J connectivity index is 1.62. The molecule has 0 aliphatic carbocycles. The van der Waals surface area contributed by atoms with Gasteiger partial charge in [-0.15, -0.1) is 0 Å². The van der Waals surface area contributed by atoms with Crippen LogP contribution in [0.2, 0.25) is 0 Å². The molecule has 0 saturated carbocycles. The number of aryl methyl sites for hydroxylation is 2. The highest BCUT2D eigenvalue weighted by molar-refractivity contribution is 6.00. The van der Waals surface area contributed by atoms with E-state index in [9.17, 15) is 9.59 Å². The number of nitrogens with one attached hydrogen (secondary N) is 1. The van der Waals surface area contributed by atoms with E-state index in [0.717, 1.165) is 28.1 Å². The van der Waals surface area contributed by atoms with E-state index in [1.807, 2.05) is 111 Å². The Morgan fingerprint density at radius 3 is 2.23 bits per heavy atom. The van der Waals surface area contributed by atoms with Crippen LogP contribution in [0.5, 0.6) is 0 Å². The van der Waals surface area contributed by atoms with E-state index in [0.29, 0.717) is 11.5 Å². The van der Waals surface area contributed by atoms with Crippen LogP contribution in [0.1, 0.15) is 35.3 Å². The molecule has 1 heterocycles. The summed E-state index contributed by atoms with van der Waals surface area (Å²) in [6.45, 7) is 7.66. The minimum Gasteiger partial charge on any atom is -0.327 e. The number of hydrogen-bond acceptors (Lipinski definition) is 3. The highest BCUT2D eigenvalue weighted by atomic mass is 16.2. The van der Waals surface area contributed by atoms with Gasteiger partial charge in [0.1, 0.15) is 6.54 Å². The molecule has 0 bridgehead atoms. The summed E-state index contributed by atoms with van der Waals surface area (Å²) in [6.07, 6.45) is 1.91. The molecule has 35 heavy (non-hydrogen) atoms. The van der Waals surface area contributed by atoms with Crippen LogP contribution in [0, 0.1) is 13.8 Å². The zero-order chi connectivity index (χ0) is 24.9. The van der Waals surface area contributed by atoms with Gasteiger partial charge in [-0.3, -0.25) is 19.5 Å². The van der Waals surface area contributed by atoms with Crippen molar-refractivity contribution in [1.82, 2.24) is 14.5 Å². The van der Waals surface area contributed by atoms with Crippen molar-refractivity contribution in [1.29, 1.82) is 0 Å². The van der Waals surface area contributed by atoms with Crippen molar-refractivity contribution >= 4 is 17.8 Å². The van der Waals surface area contributed by atoms with Gasteiger partial charge in [-0.05, 0) is 51.5 Å². The number of carbonyl (C=O) groups excluding carboxylic acids is 2. The summed E-state index contributed by atoms with van der Waals surface area (Å²) in [5.74, 6) is -0.0657. The summed E-state index contributed by atoms with van der Waals surface area (Å²) in [7, 11) is 0. The molecule has 6 heteroatoms. The fraction of sp³-hybridized carbons (Fsp3) is 0.207. The molecule has 4 aromatic rings. The number of imidazole rings is 1. The summed E-state index contributed by atoms with van der Waals surface area (Å²) < 4.78 is 1.86. The Morgan fingerprint density at radius 2 is 1.57 bits per heavy atom. The minimum atomic E-state index is -0.306. The predicted octanol–water partition coefficient (Wildman–Crippen LogP) is 5.65. The maximum absolute atomic E-state index is 13.2. The number of amides is 2. The molecule has 6 nitrogen and oxygen atoms in total. The van der Waals surface area contributed by atoms with Gasteiger partial charge in [0.15, 0.2) is 0 Å². The van der Waals surface area contributed by atoms with Crippen LogP contribution < -0.4 is 5.32 Å². The normalized spacial score (nSPS) is 10.9. The second-order valence-corrected chi connectivity index (χ2v) is 8.91. The Hall–Kier alpha value is -4.19. The minimum absolute atomic E-state index is 0.0771. The number of hydrogen-bond donors (Lipinski definition) is 1. The van der Waals surface area contributed by atoms with Crippen LogP contribution in [0.4, 0.5) is 5.95 Å². The lowest BCUT2D eigenvalue weighted by Gasteiger charge is -2.26. The Bertz CT molecular complexity index is 1320. The molecule has 0 aliphatic heterocycles. The number of benzene rings is 3. The van der Waals surface area contributed by atoms with Gasteiger partial charge in [0, 0.05) is 29.1 Å². The van der Waals surface area contributed by atoms with Crippen LogP contribution >= 0.6 is 0 Å². The summed E-state index contributed by atoms with van der Waals surface area (Å²) in [5, 5.41) is 2.94. The second kappa shape index (κ2) is 10.4. The maximum atomic E-state index is 13.2. The van der Waals surface area contributed by atoms with Gasteiger partial charge in [-0.25, -0.2) is 4.98 Å². The van der Waals surface area contributed by atoms with E-state index in [1.54, 1.807) is 11.0 Å². The van der Waals surface area contributed by atoms with E-state index in [4.69, 9.17) is 4.98 Å². The Labute approximate surface area is 206 Å².